The Labute approximate surface area is 194 Å². The molecule has 0 aromatic heterocycles. The summed E-state index contributed by atoms with van der Waals surface area (Å²) in [4.78, 5) is 13.8. The molecule has 1 saturated heterocycles. The van der Waals surface area contributed by atoms with E-state index in [-0.39, 0.29) is 11.7 Å². The van der Waals surface area contributed by atoms with Crippen molar-refractivity contribution >= 4 is 6.09 Å². The van der Waals surface area contributed by atoms with Crippen LogP contribution in [0.25, 0.3) is 0 Å². The number of amides is 1. The Kier molecular flexibility index (Phi) is 8.02. The van der Waals surface area contributed by atoms with Crippen molar-refractivity contribution in [1.29, 1.82) is 0 Å². The topological polar surface area (TPSA) is 77.5 Å². The van der Waals surface area contributed by atoms with Crippen molar-refractivity contribution in [3.63, 3.8) is 0 Å². The molecule has 0 saturated carbocycles. The summed E-state index contributed by atoms with van der Waals surface area (Å²) in [5.74, 6) is 1.37. The van der Waals surface area contributed by atoms with Gasteiger partial charge in [-0.2, -0.15) is 0 Å². The van der Waals surface area contributed by atoms with Gasteiger partial charge >= 0.3 is 6.09 Å². The maximum absolute atomic E-state index is 13.0. The molecule has 0 aliphatic carbocycles. The van der Waals surface area contributed by atoms with E-state index in [9.17, 15) is 14.3 Å². The van der Waals surface area contributed by atoms with Gasteiger partial charge < -0.3 is 29.0 Å². The van der Waals surface area contributed by atoms with Gasteiger partial charge in [0.25, 0.3) is 0 Å². The highest BCUT2D eigenvalue weighted by Crippen LogP contribution is 2.47. The number of halogens is 1. The molecule has 180 valence electrons. The van der Waals surface area contributed by atoms with Crippen LogP contribution < -0.4 is 14.2 Å². The predicted octanol–water partition coefficient (Wildman–Crippen LogP) is 4.23. The average Bonchev–Trinajstić information content (AvgIpc) is 3.18. The molecule has 1 aliphatic heterocycles. The van der Waals surface area contributed by atoms with Crippen LogP contribution in [0.4, 0.5) is 9.18 Å². The Hall–Kier alpha value is -3.00. The number of carbonyl (C=O) groups excluding carboxylic acids is 1. The highest BCUT2D eigenvalue weighted by Gasteiger charge is 2.48. The Morgan fingerprint density at radius 3 is 2.48 bits per heavy atom. The Morgan fingerprint density at radius 2 is 1.85 bits per heavy atom. The lowest BCUT2D eigenvalue weighted by molar-refractivity contribution is 0.0470. The fourth-order valence-electron chi connectivity index (χ4n) is 4.18. The van der Waals surface area contributed by atoms with E-state index in [1.807, 2.05) is 25.1 Å². The zero-order valence-corrected chi connectivity index (χ0v) is 19.5. The largest absolute Gasteiger partial charge is 0.493 e. The maximum atomic E-state index is 13.0. The van der Waals surface area contributed by atoms with Gasteiger partial charge in [0.2, 0.25) is 0 Å². The molecule has 33 heavy (non-hydrogen) atoms. The molecule has 1 fully saturated rings. The Morgan fingerprint density at radius 1 is 1.15 bits per heavy atom. The van der Waals surface area contributed by atoms with E-state index in [0.717, 1.165) is 5.56 Å². The van der Waals surface area contributed by atoms with Crippen LogP contribution in [-0.2, 0) is 4.74 Å². The average molecular weight is 462 g/mol. The molecule has 3 atom stereocenters. The molecule has 0 unspecified atom stereocenters. The van der Waals surface area contributed by atoms with Gasteiger partial charge in [0.15, 0.2) is 11.5 Å². The highest BCUT2D eigenvalue weighted by atomic mass is 19.1. The second kappa shape index (κ2) is 10.7. The van der Waals surface area contributed by atoms with Gasteiger partial charge in [-0.15, -0.1) is 0 Å². The molecule has 2 aromatic carbocycles. The van der Waals surface area contributed by atoms with Gasteiger partial charge in [0.05, 0.1) is 33.5 Å². The van der Waals surface area contributed by atoms with E-state index in [0.29, 0.717) is 50.0 Å². The monoisotopic (exact) mass is 461 g/mol. The Bertz CT molecular complexity index is 935. The first-order valence-corrected chi connectivity index (χ1v) is 11.0. The first-order valence-electron chi connectivity index (χ1n) is 11.0. The fraction of sp³-hybridized carbons (Fsp3) is 0.480. The van der Waals surface area contributed by atoms with Crippen molar-refractivity contribution in [2.45, 2.75) is 32.3 Å². The van der Waals surface area contributed by atoms with E-state index in [2.05, 4.69) is 0 Å². The van der Waals surface area contributed by atoms with Crippen LogP contribution in [-0.4, -0.2) is 62.7 Å². The number of benzene rings is 2. The summed E-state index contributed by atoms with van der Waals surface area (Å²) in [5.41, 5.74) is 0.409. The molecular weight excluding hydrogens is 429 g/mol. The maximum Gasteiger partial charge on any atom is 0.409 e. The number of hydrogen-bond acceptors (Lipinski definition) is 6. The fourth-order valence-corrected chi connectivity index (χ4v) is 4.18. The lowest BCUT2D eigenvalue weighted by Crippen LogP contribution is -2.38. The third-order valence-corrected chi connectivity index (χ3v) is 6.34. The number of carbonyl (C=O) groups is 1. The lowest BCUT2D eigenvalue weighted by Gasteiger charge is -2.33. The van der Waals surface area contributed by atoms with Crippen LogP contribution in [0.5, 0.6) is 17.2 Å². The van der Waals surface area contributed by atoms with Crippen LogP contribution in [0.15, 0.2) is 42.5 Å². The quantitative estimate of drug-likeness (QED) is 0.563. The molecule has 3 rings (SSSR count). The number of methoxy groups -OCH3 is 2. The van der Waals surface area contributed by atoms with E-state index in [4.69, 9.17) is 18.9 Å². The molecule has 1 aliphatic rings. The van der Waals surface area contributed by atoms with Crippen LogP contribution in [0.1, 0.15) is 31.7 Å². The van der Waals surface area contributed by atoms with Crippen LogP contribution in [0.2, 0.25) is 0 Å². The standard InChI is InChI=1S/C25H32FNO6/c1-17(28)25(2)16-27(24(29)31-4)15-21(25)18-6-11-22(30-3)23(14-18)33-13-5-12-32-20-9-7-19(26)8-10-20/h6-11,14,17,21,28H,5,12-13,15-16H2,1-4H3/t17-,21-,25-/m1/s1. The number of hydrogen-bond donors (Lipinski definition) is 1. The molecule has 8 heteroatoms. The van der Waals surface area contributed by atoms with Crippen molar-refractivity contribution in [3.05, 3.63) is 53.8 Å². The van der Waals surface area contributed by atoms with Crippen molar-refractivity contribution in [1.82, 2.24) is 4.90 Å². The summed E-state index contributed by atoms with van der Waals surface area (Å²) >= 11 is 0. The van der Waals surface area contributed by atoms with Crippen molar-refractivity contribution in [2.24, 2.45) is 5.41 Å². The third-order valence-electron chi connectivity index (χ3n) is 6.34. The molecule has 0 spiro atoms. The minimum atomic E-state index is -0.632. The van der Waals surface area contributed by atoms with E-state index >= 15 is 0 Å². The number of likely N-dealkylation sites (tertiary alicyclic amines) is 1. The second-order valence-corrected chi connectivity index (χ2v) is 8.50. The van der Waals surface area contributed by atoms with E-state index in [1.54, 1.807) is 31.1 Å². The van der Waals surface area contributed by atoms with E-state index < -0.39 is 17.6 Å². The summed E-state index contributed by atoms with van der Waals surface area (Å²) < 4.78 is 34.9. The summed E-state index contributed by atoms with van der Waals surface area (Å²) in [7, 11) is 2.93. The van der Waals surface area contributed by atoms with Gasteiger partial charge in [0.1, 0.15) is 11.6 Å². The molecular formula is C25H32FNO6. The van der Waals surface area contributed by atoms with Gasteiger partial charge in [-0.1, -0.05) is 13.0 Å². The summed E-state index contributed by atoms with van der Waals surface area (Å²) in [6.07, 6.45) is -0.418. The molecule has 1 amide bonds. The predicted molar refractivity (Wildman–Crippen MR) is 122 cm³/mol. The highest BCUT2D eigenvalue weighted by molar-refractivity contribution is 5.68. The van der Waals surface area contributed by atoms with Gasteiger partial charge in [-0.3, -0.25) is 0 Å². The zero-order chi connectivity index (χ0) is 24.0. The van der Waals surface area contributed by atoms with Gasteiger partial charge in [-0.25, -0.2) is 9.18 Å². The molecule has 0 radical (unpaired) electrons. The smallest absolute Gasteiger partial charge is 0.409 e. The molecule has 2 aromatic rings. The molecule has 0 bridgehead atoms. The van der Waals surface area contributed by atoms with Crippen LogP contribution in [0, 0.1) is 11.2 Å². The number of nitrogens with zero attached hydrogens (tertiary/aromatic N) is 1. The first-order chi connectivity index (χ1) is 15.8. The van der Waals surface area contributed by atoms with E-state index in [1.165, 1.54) is 19.2 Å². The minimum absolute atomic E-state index is 0.105. The SMILES string of the molecule is COC(=O)N1C[C@H](c2ccc(OC)c(OCCCOc3ccc(F)cc3)c2)[C@@](C)([C@@H](C)O)C1. The Balaban J connectivity index is 1.67. The summed E-state index contributed by atoms with van der Waals surface area (Å²) in [5, 5.41) is 10.5. The molecule has 1 heterocycles. The zero-order valence-electron chi connectivity index (χ0n) is 19.5. The van der Waals surface area contributed by atoms with Crippen molar-refractivity contribution in [3.8, 4) is 17.2 Å². The number of aliphatic hydroxyl groups is 1. The summed E-state index contributed by atoms with van der Waals surface area (Å²) in [6, 6.07) is 11.6. The van der Waals surface area contributed by atoms with Crippen molar-refractivity contribution in [2.75, 3.05) is 40.5 Å². The third kappa shape index (κ3) is 5.68. The molecule has 1 N–H and O–H groups in total. The first kappa shape index (κ1) is 24.6. The van der Waals surface area contributed by atoms with Crippen LogP contribution >= 0.6 is 0 Å². The number of ether oxygens (including phenoxy) is 4. The number of rotatable bonds is 9. The van der Waals surface area contributed by atoms with Gasteiger partial charge in [-0.05, 0) is 48.9 Å². The van der Waals surface area contributed by atoms with Crippen molar-refractivity contribution < 1.29 is 33.2 Å². The second-order valence-electron chi connectivity index (χ2n) is 8.50. The normalized spacial score (nSPS) is 20.9. The minimum Gasteiger partial charge on any atom is -0.493 e. The molecule has 7 nitrogen and oxygen atoms in total. The number of aliphatic hydroxyl groups excluding tert-OH is 1. The van der Waals surface area contributed by atoms with Gasteiger partial charge in [0, 0.05) is 30.8 Å². The lowest BCUT2D eigenvalue weighted by atomic mass is 9.72. The summed E-state index contributed by atoms with van der Waals surface area (Å²) in [6.45, 7) is 5.37. The van der Waals surface area contributed by atoms with Crippen LogP contribution in [0.3, 0.4) is 0 Å².